The van der Waals surface area contributed by atoms with Crippen molar-refractivity contribution in [3.63, 3.8) is 0 Å². The largest absolute Gasteiger partial charge is 0.507 e. The van der Waals surface area contributed by atoms with E-state index in [0.717, 1.165) is 35.6 Å². The molecule has 0 aromatic heterocycles. The lowest BCUT2D eigenvalue weighted by molar-refractivity contribution is 0.218. The summed E-state index contributed by atoms with van der Waals surface area (Å²) in [4.78, 5) is 0. The van der Waals surface area contributed by atoms with E-state index in [-0.39, 0.29) is 35.8 Å². The highest BCUT2D eigenvalue weighted by Crippen LogP contribution is 2.73. The van der Waals surface area contributed by atoms with E-state index < -0.39 is 8.53 Å². The lowest BCUT2D eigenvalue weighted by Gasteiger charge is -2.39. The van der Waals surface area contributed by atoms with Crippen LogP contribution in [0.2, 0.25) is 0 Å². The predicted octanol–water partition coefficient (Wildman–Crippen LogP) is 12.3. The number of phenolic OH excluding ortho intramolecular Hbond substituents is 1. The summed E-state index contributed by atoms with van der Waals surface area (Å²) in [6.45, 7) is 9.23. The van der Waals surface area contributed by atoms with E-state index in [0.29, 0.717) is 42.4 Å². The zero-order valence-electron chi connectivity index (χ0n) is 33.5. The Labute approximate surface area is 338 Å². The minimum absolute atomic E-state index is 0.161. The van der Waals surface area contributed by atoms with Crippen LogP contribution in [0.25, 0.3) is 0 Å². The van der Waals surface area contributed by atoms with Gasteiger partial charge in [0.1, 0.15) is 11.5 Å². The predicted molar refractivity (Wildman–Crippen MR) is 224 cm³/mol. The Morgan fingerprint density at radius 2 is 1.26 bits per heavy atom. The van der Waals surface area contributed by atoms with Crippen molar-refractivity contribution in [1.29, 1.82) is 5.26 Å². The number of nitriles is 1. The number of allylic oxidation sites excluding steroid dienone is 2. The Kier molecular flexibility index (Phi) is 7.06. The van der Waals surface area contributed by atoms with E-state index >= 15 is 0 Å². The molecule has 0 spiro atoms. The lowest BCUT2D eigenvalue weighted by Crippen LogP contribution is -2.34. The third kappa shape index (κ3) is 4.26. The molecule has 0 heterocycles. The second-order valence-corrected chi connectivity index (χ2v) is 20.9. The molecule has 288 valence electrons. The molecular weight excluding hydrogens is 720 g/mol. The molecule has 1 fully saturated rings. The molecule has 9 aliphatic rings. The van der Waals surface area contributed by atoms with Crippen LogP contribution in [-0.4, -0.2) is 28.5 Å². The van der Waals surface area contributed by atoms with Gasteiger partial charge >= 0.3 is 8.53 Å². The second kappa shape index (κ2) is 11.8. The number of nitrogens with zero attached hydrogens (tertiary/aromatic N) is 2. The summed E-state index contributed by atoms with van der Waals surface area (Å²) in [6.07, 6.45) is 11.4. The molecule has 0 aliphatic heterocycles. The Hall–Kier alpha value is -3.94. The second-order valence-electron chi connectivity index (χ2n) is 19.5. The van der Waals surface area contributed by atoms with Crippen molar-refractivity contribution >= 4 is 8.53 Å². The molecule has 0 amide bonds. The van der Waals surface area contributed by atoms with Gasteiger partial charge in [0.2, 0.25) is 0 Å². The van der Waals surface area contributed by atoms with Gasteiger partial charge in [-0.1, -0.05) is 60.2 Å². The first-order chi connectivity index (χ1) is 27.8. The maximum absolute atomic E-state index is 12.9. The minimum Gasteiger partial charge on any atom is -0.507 e. The fourth-order valence-corrected chi connectivity index (χ4v) is 16.2. The minimum atomic E-state index is -1.53. The summed E-state index contributed by atoms with van der Waals surface area (Å²) in [5.41, 5.74) is 21.5. The summed E-state index contributed by atoms with van der Waals surface area (Å²) in [6, 6.07) is 22.2. The van der Waals surface area contributed by atoms with Gasteiger partial charge in [0.25, 0.3) is 0 Å². The fraction of sp³-hybridized carbons (Fsp3) is 0.471. The number of hydrogen-bond donors (Lipinski definition) is 1. The van der Waals surface area contributed by atoms with Gasteiger partial charge in [-0.05, 0) is 140 Å². The molecule has 4 aromatic rings. The normalized spacial score (nSPS) is 30.6. The first-order valence-electron chi connectivity index (χ1n) is 22.1. The molecule has 5 nitrogen and oxygen atoms in total. The maximum Gasteiger partial charge on any atom is 0.321 e. The first-order valence-corrected chi connectivity index (χ1v) is 23.3. The molecule has 1 N–H and O–H groups in total. The number of aromatic hydroxyl groups is 1. The van der Waals surface area contributed by atoms with Crippen molar-refractivity contribution < 1.29 is 14.2 Å². The third-order valence-corrected chi connectivity index (χ3v) is 18.5. The lowest BCUT2D eigenvalue weighted by atomic mass is 9.66. The van der Waals surface area contributed by atoms with Crippen LogP contribution < -0.4 is 4.52 Å². The summed E-state index contributed by atoms with van der Waals surface area (Å²) in [5.74, 6) is 5.28. The average molecular weight is 771 g/mol. The van der Waals surface area contributed by atoms with Crippen LogP contribution in [0.5, 0.6) is 11.5 Å². The standard InChI is InChI=1S/C51H51N2O3P/c1-24(2)53(25(3)4)57(55-15-9-14-52)56-51-48-43-22-41(34-18-32-30-17-31(33(32)19-35(34)43)29-13-8-7-12-28(29)30)46(48)50(54)47-42-23-44(49(47)51)36-20-38-39-16-26-10-5-6-11-27(26)45(39)40(38)21-37(36)42/h7-8,11-13,18-21,24-26,30-31,39,41-45,54H,5-6,9-10,15-17,22-23H2,1-4H3/t26?,30?,31?,39-,41?,42?,43?,44?,45?,57?/m1/s1. The van der Waals surface area contributed by atoms with E-state index in [4.69, 9.17) is 9.05 Å². The quantitative estimate of drug-likeness (QED) is 0.110. The Bertz CT molecular complexity index is 2540. The number of phenols is 1. The number of fused-ring (bicyclic) bond motifs is 30. The SMILES string of the molecule is CC(C)N(C(C)C)P(OCCC#N)Oc1c2c(c(O)c3c1C1CC3c3cc4c(cc31)[C@H]1CC3CCCC=C3C41)C1CC2c2cc3c(cc21)C1CC3c2ccccc21. The Morgan fingerprint density at radius 1 is 0.719 bits per heavy atom. The molecule has 1 saturated carbocycles. The Balaban J connectivity index is 0.975. The number of hydrogen-bond acceptors (Lipinski definition) is 5. The number of benzene rings is 4. The van der Waals surface area contributed by atoms with Crippen LogP contribution in [0.1, 0.15) is 204 Å². The van der Waals surface area contributed by atoms with E-state index in [1.807, 2.05) is 0 Å². The summed E-state index contributed by atoms with van der Waals surface area (Å²) < 4.78 is 16.6. The van der Waals surface area contributed by atoms with Crippen LogP contribution >= 0.6 is 8.53 Å². The monoisotopic (exact) mass is 770 g/mol. The third-order valence-electron chi connectivity index (χ3n) is 16.4. The van der Waals surface area contributed by atoms with E-state index in [2.05, 4.69) is 93.0 Å². The van der Waals surface area contributed by atoms with Gasteiger partial charge in [-0.2, -0.15) is 5.26 Å². The highest BCUT2D eigenvalue weighted by Gasteiger charge is 2.56. The molecule has 57 heavy (non-hydrogen) atoms. The van der Waals surface area contributed by atoms with Crippen molar-refractivity contribution in [3.8, 4) is 17.6 Å². The smallest absolute Gasteiger partial charge is 0.321 e. The zero-order chi connectivity index (χ0) is 38.2. The zero-order valence-corrected chi connectivity index (χ0v) is 34.4. The molecule has 4 aromatic carbocycles. The van der Waals surface area contributed by atoms with Gasteiger partial charge in [-0.3, -0.25) is 0 Å². The van der Waals surface area contributed by atoms with Crippen LogP contribution in [0.15, 0.2) is 60.2 Å². The highest BCUT2D eigenvalue weighted by atomic mass is 31.2. The van der Waals surface area contributed by atoms with Gasteiger partial charge in [0.15, 0.2) is 0 Å². The van der Waals surface area contributed by atoms with Gasteiger partial charge in [0, 0.05) is 75.8 Å². The van der Waals surface area contributed by atoms with Crippen LogP contribution in [0.3, 0.4) is 0 Å². The molecule has 9 unspecified atom stereocenters. The summed E-state index contributed by atoms with van der Waals surface area (Å²) >= 11 is 0. The van der Waals surface area contributed by atoms with Crippen LogP contribution in [-0.2, 0) is 4.52 Å². The first kappa shape index (κ1) is 34.0. The van der Waals surface area contributed by atoms with E-state index in [1.54, 1.807) is 16.7 Å². The number of rotatable bonds is 8. The topological polar surface area (TPSA) is 65.7 Å². The average Bonchev–Trinajstić information content (AvgIpc) is 4.07. The summed E-state index contributed by atoms with van der Waals surface area (Å²) in [5, 5.41) is 22.4. The molecule has 0 saturated heterocycles. The van der Waals surface area contributed by atoms with E-state index in [1.165, 1.54) is 87.7 Å². The van der Waals surface area contributed by atoms with Crippen LogP contribution in [0.4, 0.5) is 0 Å². The fourth-order valence-electron chi connectivity index (χ4n) is 14.6. The molecule has 0 radical (unpaired) electrons. The summed E-state index contributed by atoms with van der Waals surface area (Å²) in [7, 11) is -1.53. The molecular formula is C51H51N2O3P. The Morgan fingerprint density at radius 3 is 1.86 bits per heavy atom. The molecule has 13 rings (SSSR count). The van der Waals surface area contributed by atoms with Crippen LogP contribution in [0, 0.1) is 17.2 Å². The van der Waals surface area contributed by atoms with Gasteiger partial charge in [-0.15, -0.1) is 0 Å². The van der Waals surface area contributed by atoms with Crippen molar-refractivity contribution in [1.82, 2.24) is 4.67 Å². The molecule has 10 atom stereocenters. The van der Waals surface area contributed by atoms with Gasteiger partial charge < -0.3 is 14.2 Å². The highest BCUT2D eigenvalue weighted by molar-refractivity contribution is 7.45. The molecule has 6 bridgehead atoms. The van der Waals surface area contributed by atoms with Gasteiger partial charge in [-0.25, -0.2) is 4.67 Å². The van der Waals surface area contributed by atoms with E-state index in [9.17, 15) is 10.4 Å². The maximum atomic E-state index is 12.9. The van der Waals surface area contributed by atoms with Crippen molar-refractivity contribution in [3.05, 3.63) is 138 Å². The van der Waals surface area contributed by atoms with Crippen molar-refractivity contribution in [2.75, 3.05) is 6.61 Å². The van der Waals surface area contributed by atoms with Gasteiger partial charge in [0.05, 0.1) is 19.1 Å². The van der Waals surface area contributed by atoms with Crippen molar-refractivity contribution in [2.45, 2.75) is 138 Å². The van der Waals surface area contributed by atoms with Crippen molar-refractivity contribution in [2.24, 2.45) is 5.92 Å². The molecule has 9 aliphatic carbocycles. The molecule has 6 heteroatoms.